The summed E-state index contributed by atoms with van der Waals surface area (Å²) in [5.74, 6) is -0.822. The molecule has 0 spiro atoms. The lowest BCUT2D eigenvalue weighted by molar-refractivity contribution is -0.161. The third-order valence-corrected chi connectivity index (χ3v) is 15.7. The van der Waals surface area contributed by atoms with Gasteiger partial charge in [-0.3, -0.25) is 18.6 Å². The van der Waals surface area contributed by atoms with Crippen molar-refractivity contribution in [2.75, 3.05) is 26.4 Å². The van der Waals surface area contributed by atoms with Crippen molar-refractivity contribution in [3.05, 3.63) is 60.8 Å². The van der Waals surface area contributed by atoms with Gasteiger partial charge in [0.15, 0.2) is 6.10 Å². The molecule has 0 aromatic carbocycles. The molecule has 0 aliphatic carbocycles. The maximum absolute atomic E-state index is 12.7. The Morgan fingerprint density at radius 2 is 0.705 bits per heavy atom. The molecule has 0 aromatic heterocycles. The third-order valence-electron chi connectivity index (χ3n) is 14.7. The van der Waals surface area contributed by atoms with Crippen LogP contribution >= 0.6 is 7.82 Å². The Morgan fingerprint density at radius 1 is 0.397 bits per heavy atom. The minimum Gasteiger partial charge on any atom is -0.462 e. The van der Waals surface area contributed by atoms with Crippen LogP contribution in [0.4, 0.5) is 0 Å². The van der Waals surface area contributed by atoms with E-state index >= 15 is 0 Å². The molecule has 0 heterocycles. The highest BCUT2D eigenvalue weighted by Gasteiger charge is 2.26. The molecule has 0 amide bonds. The van der Waals surface area contributed by atoms with E-state index in [4.69, 9.17) is 24.3 Å². The van der Waals surface area contributed by atoms with E-state index in [1.165, 1.54) is 218 Å². The highest BCUT2D eigenvalue weighted by Crippen LogP contribution is 2.43. The van der Waals surface area contributed by atoms with Gasteiger partial charge in [-0.05, 0) is 57.8 Å². The molecule has 0 saturated heterocycles. The number of rotatable bonds is 63. The minimum atomic E-state index is -4.39. The molecule has 9 nitrogen and oxygen atoms in total. The van der Waals surface area contributed by atoms with Gasteiger partial charge in [0.2, 0.25) is 0 Å². The summed E-state index contributed by atoms with van der Waals surface area (Å²) in [5, 5.41) is 0. The molecule has 0 radical (unpaired) electrons. The van der Waals surface area contributed by atoms with Crippen LogP contribution in [0.2, 0.25) is 0 Å². The second-order valence-electron chi connectivity index (χ2n) is 22.3. The van der Waals surface area contributed by atoms with Gasteiger partial charge >= 0.3 is 19.8 Å². The highest BCUT2D eigenvalue weighted by atomic mass is 31.2. The molecule has 0 bridgehead atoms. The predicted molar refractivity (Wildman–Crippen MR) is 335 cm³/mol. The van der Waals surface area contributed by atoms with Crippen molar-refractivity contribution >= 4 is 19.8 Å². The lowest BCUT2D eigenvalue weighted by atomic mass is 10.0. The molecule has 2 atom stereocenters. The average Bonchev–Trinajstić information content (AvgIpc) is 3.43. The van der Waals surface area contributed by atoms with Gasteiger partial charge in [-0.15, -0.1) is 0 Å². The molecular formula is C68H126NO8P. The standard InChI is InChI=1S/C68H126NO8P/c1-3-5-7-9-11-13-15-17-19-21-23-25-27-29-30-31-32-33-34-35-37-38-40-42-44-46-48-50-52-54-56-58-60-67(70)74-64-66(65-76-78(72,73)75-63-62-69)77-68(71)61-59-57-55-53-51-49-47-45-43-41-39-36-28-26-24-22-20-18-16-14-12-10-8-6-4-2/h6,8,12,14,18,20,24,26,36,39,66H,3-5,7,9-11,13,15-17,19,21-23,25,27-35,37-38,40-65,69H2,1-2H3,(H,72,73)/b8-6-,14-12-,20-18-,26-24-,39-36-. The molecule has 0 aliphatic rings. The lowest BCUT2D eigenvalue weighted by Crippen LogP contribution is -2.29. The monoisotopic (exact) mass is 1120 g/mol. The first-order valence-electron chi connectivity index (χ1n) is 33.3. The number of phosphoric ester groups is 1. The number of phosphoric acid groups is 1. The molecule has 10 heteroatoms. The Balaban J connectivity index is 3.86. The van der Waals surface area contributed by atoms with Gasteiger partial charge in [0, 0.05) is 19.4 Å². The van der Waals surface area contributed by atoms with E-state index in [-0.39, 0.29) is 38.6 Å². The van der Waals surface area contributed by atoms with Crippen LogP contribution in [-0.2, 0) is 32.7 Å². The number of unbranched alkanes of at least 4 members (excludes halogenated alkanes) is 40. The van der Waals surface area contributed by atoms with E-state index in [1.54, 1.807) is 0 Å². The molecule has 0 aromatic rings. The number of carbonyl (C=O) groups is 2. The molecule has 3 N–H and O–H groups in total. The minimum absolute atomic E-state index is 0.0517. The second kappa shape index (κ2) is 63.9. The quantitative estimate of drug-likeness (QED) is 0.0264. The predicted octanol–water partition coefficient (Wildman–Crippen LogP) is 21.5. The van der Waals surface area contributed by atoms with Crippen molar-refractivity contribution in [2.45, 2.75) is 335 Å². The Hall–Kier alpha value is -2.29. The van der Waals surface area contributed by atoms with Gasteiger partial charge in [0.1, 0.15) is 6.61 Å². The normalized spacial score (nSPS) is 13.3. The molecule has 78 heavy (non-hydrogen) atoms. The van der Waals surface area contributed by atoms with Crippen molar-refractivity contribution < 1.29 is 37.6 Å². The first-order chi connectivity index (χ1) is 38.3. The fourth-order valence-corrected chi connectivity index (χ4v) is 10.6. The van der Waals surface area contributed by atoms with E-state index in [0.717, 1.165) is 77.0 Å². The number of ether oxygens (including phenoxy) is 2. The maximum atomic E-state index is 12.7. The Labute approximate surface area is 482 Å². The van der Waals surface area contributed by atoms with Crippen molar-refractivity contribution in [3.63, 3.8) is 0 Å². The van der Waals surface area contributed by atoms with Gasteiger partial charge in [-0.2, -0.15) is 0 Å². The van der Waals surface area contributed by atoms with Crippen LogP contribution in [-0.4, -0.2) is 49.3 Å². The number of allylic oxidation sites excluding steroid dienone is 10. The summed E-state index contributed by atoms with van der Waals surface area (Å²) in [6.45, 7) is 3.68. The SMILES string of the molecule is CC/C=C\C/C=C\C/C=C\C/C=C\C/C=C\CCCCCCCCCCCC(=O)OC(COC(=O)CCCCCCCCCCCCCCCCCCCCCCCCCCCCCCCCCC)COP(=O)(O)OCCN. The van der Waals surface area contributed by atoms with Crippen molar-refractivity contribution in [2.24, 2.45) is 5.73 Å². The highest BCUT2D eigenvalue weighted by molar-refractivity contribution is 7.47. The number of nitrogens with two attached hydrogens (primary N) is 1. The topological polar surface area (TPSA) is 134 Å². The van der Waals surface area contributed by atoms with Gasteiger partial charge in [-0.25, -0.2) is 4.57 Å². The van der Waals surface area contributed by atoms with E-state index in [1.807, 2.05) is 0 Å². The van der Waals surface area contributed by atoms with Crippen LogP contribution in [0.1, 0.15) is 328 Å². The fourth-order valence-electron chi connectivity index (χ4n) is 9.79. The van der Waals surface area contributed by atoms with Crippen LogP contribution in [0.25, 0.3) is 0 Å². The smallest absolute Gasteiger partial charge is 0.462 e. The summed E-state index contributed by atoms with van der Waals surface area (Å²) >= 11 is 0. The molecule has 2 unspecified atom stereocenters. The molecule has 456 valence electrons. The zero-order valence-corrected chi connectivity index (χ0v) is 52.1. The molecular weight excluding hydrogens is 990 g/mol. The van der Waals surface area contributed by atoms with Crippen molar-refractivity contribution in [3.8, 4) is 0 Å². The lowest BCUT2D eigenvalue weighted by Gasteiger charge is -2.19. The summed E-state index contributed by atoms with van der Waals surface area (Å²) in [4.78, 5) is 35.3. The summed E-state index contributed by atoms with van der Waals surface area (Å²) in [6.07, 6.45) is 81.7. The van der Waals surface area contributed by atoms with E-state index in [9.17, 15) is 19.0 Å². The maximum Gasteiger partial charge on any atom is 0.472 e. The van der Waals surface area contributed by atoms with Crippen LogP contribution < -0.4 is 5.73 Å². The number of carbonyl (C=O) groups excluding carboxylic acids is 2. The summed E-state index contributed by atoms with van der Waals surface area (Å²) in [7, 11) is -4.39. The molecule has 0 fully saturated rings. The van der Waals surface area contributed by atoms with Gasteiger partial charge in [0.05, 0.1) is 13.2 Å². The third kappa shape index (κ3) is 62.9. The summed E-state index contributed by atoms with van der Waals surface area (Å²) in [6, 6.07) is 0. The van der Waals surface area contributed by atoms with E-state index in [0.29, 0.717) is 6.42 Å². The first kappa shape index (κ1) is 75.7. The molecule has 0 rings (SSSR count). The van der Waals surface area contributed by atoms with Gasteiger partial charge in [-0.1, -0.05) is 319 Å². The second-order valence-corrected chi connectivity index (χ2v) is 23.8. The Kier molecular flexibility index (Phi) is 62.0. The summed E-state index contributed by atoms with van der Waals surface area (Å²) in [5.41, 5.74) is 5.39. The number of hydrogen-bond donors (Lipinski definition) is 2. The number of hydrogen-bond acceptors (Lipinski definition) is 8. The van der Waals surface area contributed by atoms with E-state index in [2.05, 4.69) is 74.6 Å². The zero-order chi connectivity index (χ0) is 56.6. The number of esters is 2. The Bertz CT molecular complexity index is 1460. The van der Waals surface area contributed by atoms with Gasteiger partial charge in [0.25, 0.3) is 0 Å². The van der Waals surface area contributed by atoms with Crippen LogP contribution in [0.5, 0.6) is 0 Å². The molecule has 0 saturated carbocycles. The van der Waals surface area contributed by atoms with Crippen LogP contribution in [0, 0.1) is 0 Å². The zero-order valence-electron chi connectivity index (χ0n) is 51.2. The first-order valence-corrected chi connectivity index (χ1v) is 34.8. The molecule has 0 aliphatic heterocycles. The van der Waals surface area contributed by atoms with Crippen molar-refractivity contribution in [1.29, 1.82) is 0 Å². The average molecular weight is 1120 g/mol. The fraction of sp³-hybridized carbons (Fsp3) is 0.824. The summed E-state index contributed by atoms with van der Waals surface area (Å²) < 4.78 is 33.1. The van der Waals surface area contributed by atoms with Crippen LogP contribution in [0.3, 0.4) is 0 Å². The Morgan fingerprint density at radius 3 is 1.05 bits per heavy atom. The largest absolute Gasteiger partial charge is 0.472 e. The van der Waals surface area contributed by atoms with Crippen LogP contribution in [0.15, 0.2) is 60.8 Å². The van der Waals surface area contributed by atoms with Gasteiger partial charge < -0.3 is 20.1 Å². The van der Waals surface area contributed by atoms with Crippen molar-refractivity contribution in [1.82, 2.24) is 0 Å². The van der Waals surface area contributed by atoms with E-state index < -0.39 is 26.5 Å².